The molecule has 2 heterocycles. The summed E-state index contributed by atoms with van der Waals surface area (Å²) in [6.45, 7) is 2.50. The van der Waals surface area contributed by atoms with Gasteiger partial charge in [-0.3, -0.25) is 0 Å². The first-order valence-corrected chi connectivity index (χ1v) is 6.07. The lowest BCUT2D eigenvalue weighted by atomic mass is 9.97. The number of nitrogens with one attached hydrogen (secondary N) is 2. The Kier molecular flexibility index (Phi) is 3.77. The van der Waals surface area contributed by atoms with Crippen LogP contribution in [0.1, 0.15) is 30.3 Å². The molecule has 1 saturated heterocycles. The Morgan fingerprint density at radius 2 is 2.27 bits per heavy atom. The van der Waals surface area contributed by atoms with Gasteiger partial charge in [-0.2, -0.15) is 0 Å². The van der Waals surface area contributed by atoms with Crippen LogP contribution in [0.4, 0.5) is 0 Å². The monoisotopic (exact) mass is 273 g/mol. The highest BCUT2D eigenvalue weighted by atomic mass is 79.9. The van der Waals surface area contributed by atoms with E-state index in [0.29, 0.717) is 5.92 Å². The van der Waals surface area contributed by atoms with E-state index in [-0.39, 0.29) is 0 Å². The number of aromatic nitrogens is 2. The fraction of sp³-hybridized carbons (Fsp3) is 0.700. The molecule has 0 saturated carbocycles. The number of nitrogens with zero attached hydrogens (tertiary/aromatic N) is 1. The van der Waals surface area contributed by atoms with Crippen molar-refractivity contribution in [3.05, 3.63) is 16.1 Å². The van der Waals surface area contributed by atoms with Crippen LogP contribution < -0.4 is 5.32 Å². The SMILES string of the molecule is CNCc1nc(Br)c(C2CCOCC2)[nH]1. The highest BCUT2D eigenvalue weighted by molar-refractivity contribution is 9.10. The third-order valence-corrected chi connectivity index (χ3v) is 3.31. The smallest absolute Gasteiger partial charge is 0.127 e. The first-order chi connectivity index (χ1) is 7.31. The van der Waals surface area contributed by atoms with Gasteiger partial charge in [-0.05, 0) is 35.8 Å². The highest BCUT2D eigenvalue weighted by Gasteiger charge is 2.21. The van der Waals surface area contributed by atoms with E-state index >= 15 is 0 Å². The maximum atomic E-state index is 5.35. The number of rotatable bonds is 3. The van der Waals surface area contributed by atoms with Crippen molar-refractivity contribution in [1.29, 1.82) is 0 Å². The van der Waals surface area contributed by atoms with Crippen LogP contribution in [0.25, 0.3) is 0 Å². The Labute approximate surface area is 97.9 Å². The Balaban J connectivity index is 2.11. The largest absolute Gasteiger partial charge is 0.381 e. The number of H-pyrrole nitrogens is 1. The Morgan fingerprint density at radius 1 is 1.53 bits per heavy atom. The van der Waals surface area contributed by atoms with Crippen LogP contribution in [0.5, 0.6) is 0 Å². The normalized spacial score (nSPS) is 18.3. The second-order valence-corrected chi connectivity index (χ2v) is 4.56. The summed E-state index contributed by atoms with van der Waals surface area (Å²) in [6.07, 6.45) is 2.17. The second-order valence-electron chi connectivity index (χ2n) is 3.80. The van der Waals surface area contributed by atoms with Crippen molar-refractivity contribution < 1.29 is 4.74 Å². The molecule has 1 fully saturated rings. The van der Waals surface area contributed by atoms with Gasteiger partial charge in [-0.15, -0.1) is 0 Å². The predicted octanol–water partition coefficient (Wildman–Crippen LogP) is 1.79. The molecule has 1 aliphatic rings. The van der Waals surface area contributed by atoms with Crippen molar-refractivity contribution in [1.82, 2.24) is 15.3 Å². The van der Waals surface area contributed by atoms with E-state index < -0.39 is 0 Å². The van der Waals surface area contributed by atoms with Gasteiger partial charge in [-0.25, -0.2) is 4.98 Å². The standard InChI is InChI=1S/C10H16BrN3O/c1-12-6-8-13-9(10(11)14-8)7-2-4-15-5-3-7/h7,12H,2-6H2,1H3,(H,13,14). The number of hydrogen-bond acceptors (Lipinski definition) is 3. The van der Waals surface area contributed by atoms with Gasteiger partial charge in [0.2, 0.25) is 0 Å². The van der Waals surface area contributed by atoms with Gasteiger partial charge >= 0.3 is 0 Å². The third-order valence-electron chi connectivity index (χ3n) is 2.71. The van der Waals surface area contributed by atoms with E-state index in [1.807, 2.05) is 7.05 Å². The average Bonchev–Trinajstić information content (AvgIpc) is 2.61. The maximum Gasteiger partial charge on any atom is 0.127 e. The Morgan fingerprint density at radius 3 is 2.93 bits per heavy atom. The second kappa shape index (κ2) is 5.09. The third kappa shape index (κ3) is 2.59. The van der Waals surface area contributed by atoms with Crippen molar-refractivity contribution in [2.75, 3.05) is 20.3 Å². The summed E-state index contributed by atoms with van der Waals surface area (Å²) in [4.78, 5) is 7.81. The average molecular weight is 274 g/mol. The molecular weight excluding hydrogens is 258 g/mol. The molecule has 1 aliphatic heterocycles. The molecule has 0 radical (unpaired) electrons. The van der Waals surface area contributed by atoms with E-state index in [1.165, 1.54) is 5.69 Å². The molecule has 15 heavy (non-hydrogen) atoms. The predicted molar refractivity (Wildman–Crippen MR) is 61.8 cm³/mol. The van der Waals surface area contributed by atoms with Crippen molar-refractivity contribution >= 4 is 15.9 Å². The van der Waals surface area contributed by atoms with Gasteiger partial charge in [0.15, 0.2) is 0 Å². The zero-order valence-corrected chi connectivity index (χ0v) is 10.4. The number of imidazole rings is 1. The van der Waals surface area contributed by atoms with E-state index in [0.717, 1.165) is 43.0 Å². The first kappa shape index (κ1) is 11.1. The summed E-state index contributed by atoms with van der Waals surface area (Å²) in [5.74, 6) is 1.55. The van der Waals surface area contributed by atoms with Crippen LogP contribution in [0.2, 0.25) is 0 Å². The van der Waals surface area contributed by atoms with Gasteiger partial charge < -0.3 is 15.0 Å². The van der Waals surface area contributed by atoms with E-state index in [2.05, 4.69) is 31.2 Å². The quantitative estimate of drug-likeness (QED) is 0.883. The molecule has 5 heteroatoms. The summed E-state index contributed by atoms with van der Waals surface area (Å²) in [7, 11) is 1.92. The topological polar surface area (TPSA) is 49.9 Å². The minimum absolute atomic E-state index is 0.561. The lowest BCUT2D eigenvalue weighted by Crippen LogP contribution is -2.15. The molecule has 0 bridgehead atoms. The number of halogens is 1. The molecule has 2 rings (SSSR count). The van der Waals surface area contributed by atoms with Crippen molar-refractivity contribution in [3.8, 4) is 0 Å². The minimum atomic E-state index is 0.561. The molecular formula is C10H16BrN3O. The van der Waals surface area contributed by atoms with E-state index in [1.54, 1.807) is 0 Å². The molecule has 2 N–H and O–H groups in total. The zero-order chi connectivity index (χ0) is 10.7. The summed E-state index contributed by atoms with van der Waals surface area (Å²) in [6, 6.07) is 0. The molecule has 0 amide bonds. The lowest BCUT2D eigenvalue weighted by molar-refractivity contribution is 0.0844. The highest BCUT2D eigenvalue weighted by Crippen LogP contribution is 2.30. The summed E-state index contributed by atoms with van der Waals surface area (Å²) >= 11 is 3.51. The summed E-state index contributed by atoms with van der Waals surface area (Å²) in [5, 5.41) is 3.09. The number of ether oxygens (including phenoxy) is 1. The van der Waals surface area contributed by atoms with Gasteiger partial charge in [0, 0.05) is 19.1 Å². The summed E-state index contributed by atoms with van der Waals surface area (Å²) < 4.78 is 6.31. The van der Waals surface area contributed by atoms with Gasteiger partial charge in [0.05, 0.1) is 12.2 Å². The van der Waals surface area contributed by atoms with E-state index in [9.17, 15) is 0 Å². The Hall–Kier alpha value is -0.390. The van der Waals surface area contributed by atoms with Crippen LogP contribution in [0.15, 0.2) is 4.60 Å². The van der Waals surface area contributed by atoms with Crippen molar-refractivity contribution in [2.45, 2.75) is 25.3 Å². The molecule has 0 unspecified atom stereocenters. The molecule has 4 nitrogen and oxygen atoms in total. The van der Waals surface area contributed by atoms with Crippen LogP contribution in [-0.4, -0.2) is 30.2 Å². The molecule has 1 aromatic heterocycles. The van der Waals surface area contributed by atoms with Crippen LogP contribution in [0, 0.1) is 0 Å². The van der Waals surface area contributed by atoms with Gasteiger partial charge in [0.25, 0.3) is 0 Å². The fourth-order valence-corrected chi connectivity index (χ4v) is 2.56. The minimum Gasteiger partial charge on any atom is -0.381 e. The molecule has 0 atom stereocenters. The van der Waals surface area contributed by atoms with Crippen molar-refractivity contribution in [2.24, 2.45) is 0 Å². The van der Waals surface area contributed by atoms with Crippen LogP contribution >= 0.6 is 15.9 Å². The molecule has 0 aromatic carbocycles. The molecule has 0 aliphatic carbocycles. The first-order valence-electron chi connectivity index (χ1n) is 5.28. The fourth-order valence-electron chi connectivity index (χ4n) is 1.92. The molecule has 84 valence electrons. The molecule has 0 spiro atoms. The zero-order valence-electron chi connectivity index (χ0n) is 8.85. The number of aromatic amines is 1. The summed E-state index contributed by atoms with van der Waals surface area (Å²) in [5.41, 5.74) is 1.23. The van der Waals surface area contributed by atoms with Gasteiger partial charge in [0.1, 0.15) is 10.4 Å². The number of hydrogen-bond donors (Lipinski definition) is 2. The van der Waals surface area contributed by atoms with Crippen LogP contribution in [-0.2, 0) is 11.3 Å². The van der Waals surface area contributed by atoms with Crippen molar-refractivity contribution in [3.63, 3.8) is 0 Å². The lowest BCUT2D eigenvalue weighted by Gasteiger charge is -2.20. The Bertz CT molecular complexity index is 320. The maximum absolute atomic E-state index is 5.35. The van der Waals surface area contributed by atoms with Gasteiger partial charge in [-0.1, -0.05) is 0 Å². The molecule has 1 aromatic rings. The van der Waals surface area contributed by atoms with E-state index in [4.69, 9.17) is 4.74 Å². The van der Waals surface area contributed by atoms with Crippen LogP contribution in [0.3, 0.4) is 0 Å².